The van der Waals surface area contributed by atoms with Crippen LogP contribution in [0.3, 0.4) is 0 Å². The summed E-state index contributed by atoms with van der Waals surface area (Å²) in [6.07, 6.45) is 1.09. The highest BCUT2D eigenvalue weighted by atomic mass is 16.5. The van der Waals surface area contributed by atoms with Gasteiger partial charge >= 0.3 is 0 Å². The summed E-state index contributed by atoms with van der Waals surface area (Å²) in [5, 5.41) is 11.8. The Bertz CT molecular complexity index is 440. The maximum atomic E-state index is 12.0. The fraction of sp³-hybridized carbons (Fsp3) is 0.588. The lowest BCUT2D eigenvalue weighted by Gasteiger charge is -2.25. The van der Waals surface area contributed by atoms with E-state index in [4.69, 9.17) is 9.84 Å². The van der Waals surface area contributed by atoms with Crippen molar-refractivity contribution in [3.05, 3.63) is 29.8 Å². The third-order valence-electron chi connectivity index (χ3n) is 3.46. The number of carbonyl (C=O) groups is 1. The first-order valence-electron chi connectivity index (χ1n) is 7.46. The van der Waals surface area contributed by atoms with Crippen molar-refractivity contribution in [2.75, 3.05) is 13.2 Å². The molecule has 1 aromatic carbocycles. The zero-order valence-electron chi connectivity index (χ0n) is 13.5. The van der Waals surface area contributed by atoms with Crippen LogP contribution < -0.4 is 10.1 Å². The molecule has 0 radical (unpaired) electrons. The number of aliphatic hydroxyl groups is 1. The van der Waals surface area contributed by atoms with E-state index in [2.05, 4.69) is 19.2 Å². The van der Waals surface area contributed by atoms with Gasteiger partial charge in [0.1, 0.15) is 5.75 Å². The Balaban J connectivity index is 2.42. The minimum Gasteiger partial charge on any atom is -0.481 e. The van der Waals surface area contributed by atoms with E-state index in [-0.39, 0.29) is 17.9 Å². The van der Waals surface area contributed by atoms with E-state index < -0.39 is 6.10 Å². The second kappa shape index (κ2) is 8.03. The van der Waals surface area contributed by atoms with Crippen molar-refractivity contribution in [1.29, 1.82) is 0 Å². The van der Waals surface area contributed by atoms with Crippen LogP contribution in [0.4, 0.5) is 0 Å². The topological polar surface area (TPSA) is 58.6 Å². The van der Waals surface area contributed by atoms with Gasteiger partial charge in [-0.15, -0.1) is 0 Å². The van der Waals surface area contributed by atoms with Gasteiger partial charge in [0, 0.05) is 13.2 Å². The molecule has 0 aliphatic rings. The molecule has 4 heteroatoms. The zero-order valence-corrected chi connectivity index (χ0v) is 13.5. The van der Waals surface area contributed by atoms with Gasteiger partial charge in [0.05, 0.1) is 0 Å². The minimum atomic E-state index is -0.527. The molecule has 0 heterocycles. The van der Waals surface area contributed by atoms with E-state index in [0.29, 0.717) is 12.3 Å². The van der Waals surface area contributed by atoms with E-state index >= 15 is 0 Å². The van der Waals surface area contributed by atoms with Crippen molar-refractivity contribution in [3.63, 3.8) is 0 Å². The van der Waals surface area contributed by atoms with Gasteiger partial charge < -0.3 is 15.2 Å². The maximum absolute atomic E-state index is 12.0. The third-order valence-corrected chi connectivity index (χ3v) is 3.46. The Morgan fingerprint density at radius 2 is 1.95 bits per heavy atom. The predicted octanol–water partition coefficient (Wildman–Crippen LogP) is 2.68. The molecule has 4 nitrogen and oxygen atoms in total. The Hall–Kier alpha value is -1.55. The van der Waals surface area contributed by atoms with Crippen molar-refractivity contribution >= 4 is 5.91 Å². The smallest absolute Gasteiger partial charge is 0.260 e. The maximum Gasteiger partial charge on any atom is 0.260 e. The molecule has 0 aromatic heterocycles. The van der Waals surface area contributed by atoms with Crippen molar-refractivity contribution in [2.45, 2.75) is 46.6 Å². The number of carbonyl (C=O) groups excluding carboxylic acids is 1. The highest BCUT2D eigenvalue weighted by Crippen LogP contribution is 2.21. The number of benzene rings is 1. The first kappa shape index (κ1) is 17.5. The quantitative estimate of drug-likeness (QED) is 0.774. The lowest BCUT2D eigenvalue weighted by molar-refractivity contribution is -0.127. The summed E-state index contributed by atoms with van der Waals surface area (Å²) in [6.45, 7) is 8.67. The van der Waals surface area contributed by atoms with Crippen LogP contribution in [0.15, 0.2) is 24.3 Å². The van der Waals surface area contributed by atoms with Crippen molar-refractivity contribution in [3.8, 4) is 5.75 Å². The molecule has 1 amide bonds. The number of hydrogen-bond donors (Lipinski definition) is 2. The molecule has 1 atom stereocenters. The Kier molecular flexibility index (Phi) is 6.69. The van der Waals surface area contributed by atoms with E-state index in [1.165, 1.54) is 0 Å². The van der Waals surface area contributed by atoms with Crippen LogP contribution in [0.25, 0.3) is 0 Å². The van der Waals surface area contributed by atoms with Gasteiger partial charge in [0.15, 0.2) is 6.10 Å². The molecule has 0 bridgehead atoms. The monoisotopic (exact) mass is 293 g/mol. The van der Waals surface area contributed by atoms with Gasteiger partial charge in [-0.25, -0.2) is 0 Å². The van der Waals surface area contributed by atoms with Crippen molar-refractivity contribution in [1.82, 2.24) is 5.32 Å². The van der Waals surface area contributed by atoms with E-state index in [1.54, 1.807) is 6.92 Å². The molecule has 0 saturated heterocycles. The Morgan fingerprint density at radius 3 is 2.52 bits per heavy atom. The first-order chi connectivity index (χ1) is 9.84. The highest BCUT2D eigenvalue weighted by Gasteiger charge is 2.21. The lowest BCUT2D eigenvalue weighted by atomic mass is 9.88. The van der Waals surface area contributed by atoms with Crippen LogP contribution in [0.5, 0.6) is 5.75 Å². The van der Waals surface area contributed by atoms with Crippen LogP contribution in [0, 0.1) is 12.3 Å². The molecule has 21 heavy (non-hydrogen) atoms. The molecule has 1 unspecified atom stereocenters. The van der Waals surface area contributed by atoms with Gasteiger partial charge in [0.2, 0.25) is 0 Å². The molecule has 0 spiro atoms. The largest absolute Gasteiger partial charge is 0.481 e. The van der Waals surface area contributed by atoms with Gasteiger partial charge in [-0.05, 0) is 44.2 Å². The molecule has 0 aliphatic carbocycles. The highest BCUT2D eigenvalue weighted by molar-refractivity contribution is 5.80. The average Bonchev–Trinajstić information content (AvgIpc) is 2.45. The normalized spacial score (nSPS) is 12.8. The van der Waals surface area contributed by atoms with Gasteiger partial charge in [-0.1, -0.05) is 31.5 Å². The van der Waals surface area contributed by atoms with Gasteiger partial charge in [0.25, 0.3) is 5.91 Å². The van der Waals surface area contributed by atoms with Gasteiger partial charge in [-0.3, -0.25) is 4.79 Å². The SMILES string of the molecule is Cc1ccc(OC(C)C(=O)NCC(C)(C)CCCO)cc1. The number of rotatable bonds is 8. The van der Waals surface area contributed by atoms with Crippen LogP contribution in [0.2, 0.25) is 0 Å². The third kappa shape index (κ3) is 6.63. The molecule has 1 rings (SSSR count). The summed E-state index contributed by atoms with van der Waals surface area (Å²) in [6, 6.07) is 7.64. The zero-order chi connectivity index (χ0) is 15.9. The molecule has 1 aromatic rings. The van der Waals surface area contributed by atoms with Crippen LogP contribution in [-0.4, -0.2) is 30.3 Å². The number of amides is 1. The molecule has 118 valence electrons. The summed E-state index contributed by atoms with van der Waals surface area (Å²) < 4.78 is 5.63. The molecular formula is C17H27NO3. The Labute approximate surface area is 127 Å². The van der Waals surface area contributed by atoms with Gasteiger partial charge in [-0.2, -0.15) is 0 Å². The summed E-state index contributed by atoms with van der Waals surface area (Å²) in [4.78, 5) is 12.0. The summed E-state index contributed by atoms with van der Waals surface area (Å²) in [5.41, 5.74) is 1.13. The molecule has 0 aliphatic heterocycles. The van der Waals surface area contributed by atoms with Crippen LogP contribution in [-0.2, 0) is 4.79 Å². The van der Waals surface area contributed by atoms with Crippen molar-refractivity contribution in [2.24, 2.45) is 5.41 Å². The van der Waals surface area contributed by atoms with Crippen molar-refractivity contribution < 1.29 is 14.6 Å². The standard InChI is InChI=1S/C17H27NO3/c1-13-6-8-15(9-7-13)21-14(2)16(20)18-12-17(3,4)10-5-11-19/h6-9,14,19H,5,10-12H2,1-4H3,(H,18,20). The fourth-order valence-corrected chi connectivity index (χ4v) is 1.99. The second-order valence-electron chi connectivity index (χ2n) is 6.28. The van der Waals surface area contributed by atoms with E-state index in [0.717, 1.165) is 18.4 Å². The second-order valence-corrected chi connectivity index (χ2v) is 6.28. The summed E-state index contributed by atoms with van der Waals surface area (Å²) in [7, 11) is 0. The summed E-state index contributed by atoms with van der Waals surface area (Å²) >= 11 is 0. The van der Waals surface area contributed by atoms with Crippen LogP contribution >= 0.6 is 0 Å². The Morgan fingerprint density at radius 1 is 1.33 bits per heavy atom. The number of hydrogen-bond acceptors (Lipinski definition) is 3. The lowest BCUT2D eigenvalue weighted by Crippen LogP contribution is -2.41. The number of ether oxygens (including phenoxy) is 1. The van der Waals surface area contributed by atoms with E-state index in [9.17, 15) is 4.79 Å². The first-order valence-corrected chi connectivity index (χ1v) is 7.46. The van der Waals surface area contributed by atoms with E-state index in [1.807, 2.05) is 31.2 Å². The molecular weight excluding hydrogens is 266 g/mol. The number of aryl methyl sites for hydroxylation is 1. The number of aliphatic hydroxyl groups excluding tert-OH is 1. The molecule has 0 saturated carbocycles. The number of nitrogens with one attached hydrogen (secondary N) is 1. The predicted molar refractivity (Wildman–Crippen MR) is 84.4 cm³/mol. The fourth-order valence-electron chi connectivity index (χ4n) is 1.99. The average molecular weight is 293 g/mol. The molecule has 0 fully saturated rings. The summed E-state index contributed by atoms with van der Waals surface area (Å²) in [5.74, 6) is 0.579. The molecule has 2 N–H and O–H groups in total. The van der Waals surface area contributed by atoms with Crippen LogP contribution in [0.1, 0.15) is 39.2 Å². The minimum absolute atomic E-state index is 0.0258.